The first-order chi connectivity index (χ1) is 9.92. The van der Waals surface area contributed by atoms with Crippen LogP contribution in [-0.2, 0) is 9.59 Å². The molecule has 1 heterocycles. The maximum Gasteiger partial charge on any atom is 0.326 e. The van der Waals surface area contributed by atoms with Gasteiger partial charge in [0.05, 0.1) is 24.9 Å². The molecule has 9 heteroatoms. The summed E-state index contributed by atoms with van der Waals surface area (Å²) in [6.07, 6.45) is 0.613. The van der Waals surface area contributed by atoms with Gasteiger partial charge < -0.3 is 25.6 Å². The number of carbonyl (C=O) groups is 3. The fourth-order valence-electron chi connectivity index (χ4n) is 1.39. The van der Waals surface area contributed by atoms with E-state index in [1.54, 1.807) is 6.92 Å². The second-order valence-electron chi connectivity index (χ2n) is 3.91. The standard InChI is InChI=1S/C12H15N3O6/c1-2-21-9-4-3-7(6-13-9)14-12(20)15-8(11(18)19)5-10(16)17/h3-4,6,8H,2,5H2,1H3,(H,16,17)(H,18,19)(H2,14,15,20). The van der Waals surface area contributed by atoms with Gasteiger partial charge >= 0.3 is 18.0 Å². The van der Waals surface area contributed by atoms with E-state index in [4.69, 9.17) is 14.9 Å². The molecule has 0 bridgehead atoms. The highest BCUT2D eigenvalue weighted by Gasteiger charge is 2.22. The van der Waals surface area contributed by atoms with Crippen molar-refractivity contribution in [2.24, 2.45) is 0 Å². The predicted octanol–water partition coefficient (Wildman–Crippen LogP) is 0.530. The number of ether oxygens (including phenoxy) is 1. The lowest BCUT2D eigenvalue weighted by molar-refractivity contribution is -0.145. The largest absolute Gasteiger partial charge is 0.481 e. The molecule has 2 amide bonds. The summed E-state index contributed by atoms with van der Waals surface area (Å²) in [5.41, 5.74) is 0.315. The number of nitrogens with zero attached hydrogens (tertiary/aromatic N) is 1. The van der Waals surface area contributed by atoms with Gasteiger partial charge in [-0.15, -0.1) is 0 Å². The lowest BCUT2D eigenvalue weighted by Crippen LogP contribution is -2.44. The van der Waals surface area contributed by atoms with E-state index >= 15 is 0 Å². The quantitative estimate of drug-likeness (QED) is 0.575. The molecule has 1 aromatic heterocycles. The molecule has 0 aliphatic carbocycles. The number of hydrogen-bond acceptors (Lipinski definition) is 5. The number of urea groups is 1. The smallest absolute Gasteiger partial charge is 0.326 e. The Labute approximate surface area is 119 Å². The number of aromatic nitrogens is 1. The van der Waals surface area contributed by atoms with Gasteiger partial charge in [0.15, 0.2) is 0 Å². The average Bonchev–Trinajstić information content (AvgIpc) is 2.40. The highest BCUT2D eigenvalue weighted by molar-refractivity contribution is 5.93. The van der Waals surface area contributed by atoms with Crippen molar-refractivity contribution in [2.75, 3.05) is 11.9 Å². The first kappa shape index (κ1) is 16.2. The van der Waals surface area contributed by atoms with E-state index in [1.165, 1.54) is 18.3 Å². The van der Waals surface area contributed by atoms with Gasteiger partial charge in [-0.1, -0.05) is 0 Å². The molecule has 0 fully saturated rings. The molecule has 4 N–H and O–H groups in total. The van der Waals surface area contributed by atoms with Gasteiger partial charge in [-0.05, 0) is 13.0 Å². The highest BCUT2D eigenvalue weighted by atomic mass is 16.5. The summed E-state index contributed by atoms with van der Waals surface area (Å²) in [4.78, 5) is 36.8. The molecular formula is C12H15N3O6. The van der Waals surface area contributed by atoms with E-state index in [1.807, 2.05) is 5.32 Å². The lowest BCUT2D eigenvalue weighted by Gasteiger charge is -2.13. The van der Waals surface area contributed by atoms with Gasteiger partial charge in [-0.2, -0.15) is 0 Å². The van der Waals surface area contributed by atoms with Crippen molar-refractivity contribution in [3.05, 3.63) is 18.3 Å². The Morgan fingerprint density at radius 2 is 2.05 bits per heavy atom. The number of anilines is 1. The van der Waals surface area contributed by atoms with Crippen molar-refractivity contribution in [1.82, 2.24) is 10.3 Å². The molecule has 0 aliphatic heterocycles. The fraction of sp³-hybridized carbons (Fsp3) is 0.333. The molecule has 114 valence electrons. The molecule has 0 saturated carbocycles. The van der Waals surface area contributed by atoms with Crippen LogP contribution >= 0.6 is 0 Å². The summed E-state index contributed by atoms with van der Waals surface area (Å²) in [5.74, 6) is -2.37. The second-order valence-corrected chi connectivity index (χ2v) is 3.91. The van der Waals surface area contributed by atoms with Crippen molar-refractivity contribution in [1.29, 1.82) is 0 Å². The van der Waals surface area contributed by atoms with Crippen LogP contribution in [-0.4, -0.2) is 45.8 Å². The van der Waals surface area contributed by atoms with E-state index in [-0.39, 0.29) is 0 Å². The van der Waals surface area contributed by atoms with Crippen LogP contribution in [0.15, 0.2) is 18.3 Å². The third kappa shape index (κ3) is 5.76. The number of carboxylic acids is 2. The molecule has 0 aromatic carbocycles. The Balaban J connectivity index is 2.59. The molecule has 1 atom stereocenters. The normalized spacial score (nSPS) is 11.3. The van der Waals surface area contributed by atoms with E-state index < -0.39 is 30.4 Å². The Bertz CT molecular complexity index is 516. The van der Waals surface area contributed by atoms with Crippen molar-refractivity contribution in [3.8, 4) is 5.88 Å². The molecular weight excluding hydrogens is 282 g/mol. The number of nitrogens with one attached hydrogen (secondary N) is 2. The van der Waals surface area contributed by atoms with Crippen LogP contribution in [0.1, 0.15) is 13.3 Å². The van der Waals surface area contributed by atoms with Crippen LogP contribution in [0.3, 0.4) is 0 Å². The van der Waals surface area contributed by atoms with Gasteiger partial charge in [0, 0.05) is 6.07 Å². The Morgan fingerprint density at radius 1 is 1.33 bits per heavy atom. The molecule has 0 radical (unpaired) electrons. The third-order valence-electron chi connectivity index (χ3n) is 2.27. The SMILES string of the molecule is CCOc1ccc(NC(=O)NC(CC(=O)O)C(=O)O)cn1. The minimum atomic E-state index is -1.52. The van der Waals surface area contributed by atoms with Gasteiger partial charge in [-0.25, -0.2) is 14.6 Å². The van der Waals surface area contributed by atoms with Crippen LogP contribution < -0.4 is 15.4 Å². The number of pyridine rings is 1. The number of hydrogen-bond donors (Lipinski definition) is 4. The second kappa shape index (κ2) is 7.68. The van der Waals surface area contributed by atoms with Crippen molar-refractivity contribution in [2.45, 2.75) is 19.4 Å². The minimum Gasteiger partial charge on any atom is -0.481 e. The van der Waals surface area contributed by atoms with Crippen LogP contribution in [0.4, 0.5) is 10.5 Å². The van der Waals surface area contributed by atoms with E-state index in [9.17, 15) is 14.4 Å². The molecule has 21 heavy (non-hydrogen) atoms. The van der Waals surface area contributed by atoms with Crippen LogP contribution in [0, 0.1) is 0 Å². The van der Waals surface area contributed by atoms with Crippen LogP contribution in [0.2, 0.25) is 0 Å². The van der Waals surface area contributed by atoms with Crippen molar-refractivity contribution >= 4 is 23.7 Å². The molecule has 0 spiro atoms. The molecule has 9 nitrogen and oxygen atoms in total. The zero-order chi connectivity index (χ0) is 15.8. The van der Waals surface area contributed by atoms with Crippen molar-refractivity contribution < 1.29 is 29.3 Å². The first-order valence-corrected chi connectivity index (χ1v) is 6.03. The Morgan fingerprint density at radius 3 is 2.52 bits per heavy atom. The van der Waals surface area contributed by atoms with E-state index in [0.717, 1.165) is 0 Å². The Kier molecular flexibility index (Phi) is 5.93. The highest BCUT2D eigenvalue weighted by Crippen LogP contribution is 2.11. The average molecular weight is 297 g/mol. The summed E-state index contributed by atoms with van der Waals surface area (Å²) >= 11 is 0. The summed E-state index contributed by atoms with van der Waals surface area (Å²) in [5, 5.41) is 21.7. The van der Waals surface area contributed by atoms with E-state index in [2.05, 4.69) is 10.3 Å². The Hall–Kier alpha value is -2.84. The monoisotopic (exact) mass is 297 g/mol. The zero-order valence-electron chi connectivity index (χ0n) is 11.2. The maximum absolute atomic E-state index is 11.6. The van der Waals surface area contributed by atoms with Crippen LogP contribution in [0.5, 0.6) is 5.88 Å². The molecule has 1 aromatic rings. The predicted molar refractivity (Wildman–Crippen MR) is 71.2 cm³/mol. The fourth-order valence-corrected chi connectivity index (χ4v) is 1.39. The van der Waals surface area contributed by atoms with Crippen molar-refractivity contribution in [3.63, 3.8) is 0 Å². The molecule has 0 saturated heterocycles. The number of carboxylic acid groups (broad SMARTS) is 2. The van der Waals surface area contributed by atoms with E-state index in [0.29, 0.717) is 18.2 Å². The maximum atomic E-state index is 11.6. The first-order valence-electron chi connectivity index (χ1n) is 6.03. The van der Waals surface area contributed by atoms with Crippen LogP contribution in [0.25, 0.3) is 0 Å². The molecule has 0 aliphatic rings. The topological polar surface area (TPSA) is 138 Å². The lowest BCUT2D eigenvalue weighted by atomic mass is 10.2. The number of aliphatic carboxylic acids is 2. The van der Waals surface area contributed by atoms with Gasteiger partial charge in [0.2, 0.25) is 5.88 Å². The van der Waals surface area contributed by atoms with Gasteiger partial charge in [0.25, 0.3) is 0 Å². The third-order valence-corrected chi connectivity index (χ3v) is 2.27. The number of carbonyl (C=O) groups excluding carboxylic acids is 1. The van der Waals surface area contributed by atoms with Gasteiger partial charge in [0.1, 0.15) is 6.04 Å². The number of amides is 2. The summed E-state index contributed by atoms with van der Waals surface area (Å²) < 4.78 is 5.12. The summed E-state index contributed by atoms with van der Waals surface area (Å²) in [6.45, 7) is 2.26. The zero-order valence-corrected chi connectivity index (χ0v) is 11.2. The summed E-state index contributed by atoms with van der Waals surface area (Å²) in [7, 11) is 0. The number of rotatable bonds is 7. The minimum absolute atomic E-state index is 0.315. The summed E-state index contributed by atoms with van der Waals surface area (Å²) in [6, 6.07) is 0.697. The van der Waals surface area contributed by atoms with Gasteiger partial charge in [-0.3, -0.25) is 4.79 Å². The molecule has 1 rings (SSSR count). The molecule has 1 unspecified atom stereocenters.